The van der Waals surface area contributed by atoms with Crippen LogP contribution in [0.3, 0.4) is 0 Å². The van der Waals surface area contributed by atoms with Gasteiger partial charge in [-0.1, -0.05) is 39.8 Å². The van der Waals surface area contributed by atoms with Crippen LogP contribution in [0.4, 0.5) is 5.69 Å². The van der Waals surface area contributed by atoms with Gasteiger partial charge in [-0.05, 0) is 97.2 Å². The molecule has 2 N–H and O–H groups in total. The third kappa shape index (κ3) is 13.3. The molecule has 0 aliphatic carbocycles. The summed E-state index contributed by atoms with van der Waals surface area (Å²) in [6.45, 7) is 14.4. The van der Waals surface area contributed by atoms with E-state index >= 15 is 0 Å². The Balaban J connectivity index is 2.24. The Labute approximate surface area is 292 Å². The number of nitro benzene ring substituents is 1. The summed E-state index contributed by atoms with van der Waals surface area (Å²) < 4.78 is 0. The number of nitro groups is 1. The van der Waals surface area contributed by atoms with Crippen LogP contribution in [0.15, 0.2) is 24.3 Å². The standard InChI is InChI=1S/C37H59N5O7/c1-9-29(23-28-15-17-30(18-16-28)42(48)49)35(45)39-32(21-24(2)3)36(46)38-31(13-10-11-19-40(8)25(4)5)37(47)41-20-12-14-33(41)34(44)22-26(6)27(7)43/h15-18,24-26,29,31-33H,9-14,19-23H2,1-8H3,(H,38,46)(H,39,45)/t26-,29+,31-,32-,33-/m0/s1. The minimum Gasteiger partial charge on any atom is -0.344 e. The molecule has 1 fully saturated rings. The molecule has 0 aromatic heterocycles. The molecule has 1 saturated heterocycles. The zero-order chi connectivity index (χ0) is 36.8. The molecule has 1 aromatic rings. The van der Waals surface area contributed by atoms with Gasteiger partial charge in [0.2, 0.25) is 17.7 Å². The number of carbonyl (C=O) groups is 5. The number of rotatable bonds is 21. The fourth-order valence-corrected chi connectivity index (χ4v) is 6.10. The van der Waals surface area contributed by atoms with Crippen molar-refractivity contribution in [3.63, 3.8) is 0 Å². The molecule has 3 amide bonds. The predicted molar refractivity (Wildman–Crippen MR) is 190 cm³/mol. The smallest absolute Gasteiger partial charge is 0.269 e. The molecule has 2 rings (SSSR count). The predicted octanol–water partition coefficient (Wildman–Crippen LogP) is 4.87. The van der Waals surface area contributed by atoms with Gasteiger partial charge in [-0.2, -0.15) is 0 Å². The van der Waals surface area contributed by atoms with Crippen molar-refractivity contribution in [1.82, 2.24) is 20.4 Å². The Kier molecular flexibility index (Phi) is 17.0. The highest BCUT2D eigenvalue weighted by atomic mass is 16.6. The van der Waals surface area contributed by atoms with Crippen LogP contribution in [0.25, 0.3) is 0 Å². The Hall–Kier alpha value is -3.67. The minimum atomic E-state index is -0.881. The Morgan fingerprint density at radius 1 is 0.980 bits per heavy atom. The maximum absolute atomic E-state index is 14.1. The largest absolute Gasteiger partial charge is 0.344 e. The van der Waals surface area contributed by atoms with Crippen molar-refractivity contribution in [3.05, 3.63) is 39.9 Å². The number of nitrogens with zero attached hydrogens (tertiary/aromatic N) is 3. The van der Waals surface area contributed by atoms with Crippen molar-refractivity contribution in [1.29, 1.82) is 0 Å². The summed E-state index contributed by atoms with van der Waals surface area (Å²) in [7, 11) is 2.04. The van der Waals surface area contributed by atoms with Gasteiger partial charge in [0.1, 0.15) is 17.9 Å². The summed E-state index contributed by atoms with van der Waals surface area (Å²) in [6.07, 6.45) is 4.35. The summed E-state index contributed by atoms with van der Waals surface area (Å²) in [5.74, 6) is -2.09. The molecule has 274 valence electrons. The lowest BCUT2D eigenvalue weighted by Crippen LogP contribution is -2.56. The second kappa shape index (κ2) is 20.1. The van der Waals surface area contributed by atoms with Crippen molar-refractivity contribution in [2.45, 2.75) is 130 Å². The average molecular weight is 686 g/mol. The number of carbonyl (C=O) groups excluding carboxylic acids is 5. The van der Waals surface area contributed by atoms with E-state index in [-0.39, 0.29) is 41.4 Å². The second-order valence-corrected chi connectivity index (χ2v) is 14.4. The third-order valence-electron chi connectivity index (χ3n) is 9.69. The highest BCUT2D eigenvalue weighted by Crippen LogP contribution is 2.24. The van der Waals surface area contributed by atoms with Crippen molar-refractivity contribution in [3.8, 4) is 0 Å². The van der Waals surface area contributed by atoms with Crippen LogP contribution in [0, 0.1) is 27.9 Å². The SMILES string of the molecule is CC[C@H](Cc1ccc([N+](=O)[O-])cc1)C(=O)N[C@@H](CC(C)C)C(=O)N[C@@H](CCCCN(C)C(C)C)C(=O)N1CCC[C@H]1C(=O)C[C@H](C)C(C)=O. The van der Waals surface area contributed by atoms with Crippen molar-refractivity contribution < 1.29 is 28.9 Å². The van der Waals surface area contributed by atoms with E-state index in [0.717, 1.165) is 18.5 Å². The zero-order valence-electron chi connectivity index (χ0n) is 30.8. The molecule has 1 aromatic carbocycles. The molecule has 0 spiro atoms. The number of non-ortho nitro benzene ring substituents is 1. The molecule has 0 bridgehead atoms. The molecule has 0 saturated carbocycles. The molecule has 12 nitrogen and oxygen atoms in total. The Bertz CT molecular complexity index is 1280. The van der Waals surface area contributed by atoms with E-state index in [1.165, 1.54) is 19.1 Å². The molecule has 5 atom stereocenters. The van der Waals surface area contributed by atoms with Gasteiger partial charge < -0.3 is 20.4 Å². The first-order valence-electron chi connectivity index (χ1n) is 17.9. The third-order valence-corrected chi connectivity index (χ3v) is 9.69. The molecular formula is C37H59N5O7. The quantitative estimate of drug-likeness (QED) is 0.105. The molecule has 0 radical (unpaired) electrons. The van der Waals surface area contributed by atoms with Gasteiger partial charge in [0, 0.05) is 43.0 Å². The van der Waals surface area contributed by atoms with Gasteiger partial charge in [0.05, 0.1) is 11.0 Å². The molecule has 1 aliphatic heterocycles. The van der Waals surface area contributed by atoms with E-state index in [4.69, 9.17) is 0 Å². The normalized spacial score (nSPS) is 17.1. The van der Waals surface area contributed by atoms with Gasteiger partial charge in [0.25, 0.3) is 5.69 Å². The van der Waals surface area contributed by atoms with Crippen molar-refractivity contribution in [2.75, 3.05) is 20.1 Å². The van der Waals surface area contributed by atoms with Crippen molar-refractivity contribution >= 4 is 35.0 Å². The molecule has 1 aliphatic rings. The van der Waals surface area contributed by atoms with E-state index in [9.17, 15) is 34.1 Å². The fraction of sp³-hybridized carbons (Fsp3) is 0.703. The summed E-state index contributed by atoms with van der Waals surface area (Å²) in [6, 6.07) is 4.09. The van der Waals surface area contributed by atoms with Gasteiger partial charge >= 0.3 is 0 Å². The van der Waals surface area contributed by atoms with E-state index in [0.29, 0.717) is 57.5 Å². The van der Waals surface area contributed by atoms with E-state index in [2.05, 4.69) is 29.4 Å². The number of Topliss-reactive ketones (excluding diaryl/α,β-unsaturated/α-hetero) is 2. The highest BCUT2D eigenvalue weighted by molar-refractivity contribution is 5.96. The number of likely N-dealkylation sites (tertiary alicyclic amines) is 1. The van der Waals surface area contributed by atoms with Gasteiger partial charge in [0.15, 0.2) is 5.78 Å². The van der Waals surface area contributed by atoms with Crippen LogP contribution < -0.4 is 10.6 Å². The summed E-state index contributed by atoms with van der Waals surface area (Å²) in [4.78, 5) is 81.0. The second-order valence-electron chi connectivity index (χ2n) is 14.4. The van der Waals surface area contributed by atoms with Crippen molar-refractivity contribution in [2.24, 2.45) is 17.8 Å². The summed E-state index contributed by atoms with van der Waals surface area (Å²) >= 11 is 0. The number of amides is 3. The monoisotopic (exact) mass is 685 g/mol. The number of unbranched alkanes of at least 4 members (excludes halogenated alkanes) is 1. The first-order valence-corrected chi connectivity index (χ1v) is 17.9. The molecule has 49 heavy (non-hydrogen) atoms. The Morgan fingerprint density at radius 3 is 2.16 bits per heavy atom. The van der Waals surface area contributed by atoms with Crippen LogP contribution in [-0.4, -0.2) is 88.3 Å². The summed E-state index contributed by atoms with van der Waals surface area (Å²) in [5.41, 5.74) is 0.750. The van der Waals surface area contributed by atoms with E-state index < -0.39 is 40.8 Å². The minimum absolute atomic E-state index is 0.0267. The molecule has 12 heteroatoms. The highest BCUT2D eigenvalue weighted by Gasteiger charge is 2.38. The zero-order valence-corrected chi connectivity index (χ0v) is 30.8. The molecule has 0 unspecified atom stereocenters. The molecule has 1 heterocycles. The Morgan fingerprint density at radius 2 is 1.61 bits per heavy atom. The number of nitrogens with one attached hydrogen (secondary N) is 2. The topological polar surface area (TPSA) is 159 Å². The summed E-state index contributed by atoms with van der Waals surface area (Å²) in [5, 5.41) is 17.0. The lowest BCUT2D eigenvalue weighted by Gasteiger charge is -2.31. The van der Waals surface area contributed by atoms with Crippen LogP contribution in [0.1, 0.15) is 105 Å². The van der Waals surface area contributed by atoms with Crippen LogP contribution >= 0.6 is 0 Å². The number of benzene rings is 1. The maximum atomic E-state index is 14.1. The van der Waals surface area contributed by atoms with Crippen LogP contribution in [0.5, 0.6) is 0 Å². The van der Waals surface area contributed by atoms with Crippen LogP contribution in [0.2, 0.25) is 0 Å². The van der Waals surface area contributed by atoms with Gasteiger partial charge in [-0.25, -0.2) is 0 Å². The van der Waals surface area contributed by atoms with Gasteiger partial charge in [-0.3, -0.25) is 34.1 Å². The number of ketones is 2. The average Bonchev–Trinajstić information content (AvgIpc) is 3.54. The number of hydrogen-bond acceptors (Lipinski definition) is 8. The van der Waals surface area contributed by atoms with Crippen LogP contribution in [-0.2, 0) is 30.4 Å². The fourth-order valence-electron chi connectivity index (χ4n) is 6.10. The lowest BCUT2D eigenvalue weighted by atomic mass is 9.94. The first-order chi connectivity index (χ1) is 23.0. The maximum Gasteiger partial charge on any atom is 0.269 e. The molecular weight excluding hydrogens is 626 g/mol. The van der Waals surface area contributed by atoms with E-state index in [1.807, 2.05) is 27.8 Å². The van der Waals surface area contributed by atoms with E-state index in [1.54, 1.807) is 24.0 Å². The van der Waals surface area contributed by atoms with Gasteiger partial charge in [-0.15, -0.1) is 0 Å². The number of hydrogen-bond donors (Lipinski definition) is 2. The first kappa shape index (κ1) is 41.5. The lowest BCUT2D eigenvalue weighted by molar-refractivity contribution is -0.384.